The lowest BCUT2D eigenvalue weighted by atomic mass is 9.83. The van der Waals surface area contributed by atoms with E-state index in [2.05, 4.69) is 39.4 Å². The molecule has 2 aliphatic rings. The third kappa shape index (κ3) is 2.30. The largest absolute Gasteiger partial charge is 0.454 e. The number of rotatable bonds is 1. The van der Waals surface area contributed by atoms with Crippen LogP contribution in [0.3, 0.4) is 0 Å². The first-order valence-electron chi connectivity index (χ1n) is 8.11. The van der Waals surface area contributed by atoms with Crippen molar-refractivity contribution in [3.05, 3.63) is 64.1 Å². The molecule has 2 aliphatic heterocycles. The molecule has 4 nitrogen and oxygen atoms in total. The molecule has 25 heavy (non-hydrogen) atoms. The second-order valence-corrected chi connectivity index (χ2v) is 7.14. The van der Waals surface area contributed by atoms with E-state index in [0.29, 0.717) is 6.42 Å². The molecule has 0 bridgehead atoms. The summed E-state index contributed by atoms with van der Waals surface area (Å²) in [6.45, 7) is 0.234. The Bertz CT molecular complexity index is 1030. The van der Waals surface area contributed by atoms with Gasteiger partial charge in [0.1, 0.15) is 0 Å². The minimum absolute atomic E-state index is 0.0263. The standard InChI is InChI=1S/C20H14BrNO3/c21-16-9-18-17(24-10-25-18)7-15(16)14-8-19(23)22-20-12-4-2-1-3-11(12)5-6-13(14)20/h1-7,9,14H,8,10H2,(H,22,23)/t14-/m0/s1. The Morgan fingerprint density at radius 2 is 1.80 bits per heavy atom. The molecule has 1 N–H and O–H groups in total. The van der Waals surface area contributed by atoms with Crippen molar-refractivity contribution < 1.29 is 14.3 Å². The van der Waals surface area contributed by atoms with Crippen molar-refractivity contribution in [3.8, 4) is 11.5 Å². The topological polar surface area (TPSA) is 47.6 Å². The lowest BCUT2D eigenvalue weighted by Gasteiger charge is -2.28. The van der Waals surface area contributed by atoms with Gasteiger partial charge in [-0.2, -0.15) is 0 Å². The number of benzene rings is 3. The van der Waals surface area contributed by atoms with E-state index in [1.165, 1.54) is 0 Å². The van der Waals surface area contributed by atoms with Crippen molar-refractivity contribution in [2.75, 3.05) is 12.1 Å². The highest BCUT2D eigenvalue weighted by atomic mass is 79.9. The highest BCUT2D eigenvalue weighted by molar-refractivity contribution is 9.10. The van der Waals surface area contributed by atoms with Crippen LogP contribution in [-0.2, 0) is 4.79 Å². The maximum Gasteiger partial charge on any atom is 0.231 e. The van der Waals surface area contributed by atoms with Gasteiger partial charge < -0.3 is 14.8 Å². The van der Waals surface area contributed by atoms with Crippen LogP contribution in [0.15, 0.2) is 53.0 Å². The van der Waals surface area contributed by atoms with Crippen LogP contribution in [-0.4, -0.2) is 12.7 Å². The molecule has 0 aliphatic carbocycles. The van der Waals surface area contributed by atoms with Gasteiger partial charge in [-0.3, -0.25) is 4.79 Å². The van der Waals surface area contributed by atoms with Crippen molar-refractivity contribution >= 4 is 38.3 Å². The molecule has 1 atom stereocenters. The molecule has 2 heterocycles. The van der Waals surface area contributed by atoms with Gasteiger partial charge in [0.15, 0.2) is 11.5 Å². The Kier molecular flexibility index (Phi) is 3.25. The number of carbonyl (C=O) groups is 1. The Morgan fingerprint density at radius 3 is 2.68 bits per heavy atom. The maximum atomic E-state index is 12.4. The van der Waals surface area contributed by atoms with Gasteiger partial charge in [0.05, 0.1) is 5.69 Å². The summed E-state index contributed by atoms with van der Waals surface area (Å²) in [6, 6.07) is 16.2. The van der Waals surface area contributed by atoms with Crippen LogP contribution in [0, 0.1) is 0 Å². The summed E-state index contributed by atoms with van der Waals surface area (Å²) in [4.78, 5) is 12.4. The van der Waals surface area contributed by atoms with Gasteiger partial charge in [0.2, 0.25) is 12.7 Å². The van der Waals surface area contributed by atoms with Crippen molar-refractivity contribution in [2.45, 2.75) is 12.3 Å². The minimum Gasteiger partial charge on any atom is -0.454 e. The molecule has 0 radical (unpaired) electrons. The number of amides is 1. The molecule has 0 saturated heterocycles. The van der Waals surface area contributed by atoms with Crippen LogP contribution >= 0.6 is 15.9 Å². The van der Waals surface area contributed by atoms with Gasteiger partial charge >= 0.3 is 0 Å². The van der Waals surface area contributed by atoms with Crippen molar-refractivity contribution in [3.63, 3.8) is 0 Å². The minimum atomic E-state index is -0.0303. The van der Waals surface area contributed by atoms with Crippen LogP contribution in [0.4, 0.5) is 5.69 Å². The number of anilines is 1. The SMILES string of the molecule is O=C1C[C@H](c2cc3c(cc2Br)OCO3)c2ccc3ccccc3c2N1. The summed E-state index contributed by atoms with van der Waals surface area (Å²) in [5.74, 6) is 1.46. The highest BCUT2D eigenvalue weighted by Crippen LogP contribution is 2.46. The number of hydrogen-bond acceptors (Lipinski definition) is 3. The molecule has 0 fully saturated rings. The number of halogens is 1. The summed E-state index contributed by atoms with van der Waals surface area (Å²) >= 11 is 3.64. The number of carbonyl (C=O) groups excluding carboxylic acids is 1. The van der Waals surface area contributed by atoms with E-state index in [0.717, 1.165) is 43.6 Å². The summed E-state index contributed by atoms with van der Waals surface area (Å²) in [5.41, 5.74) is 3.07. The second-order valence-electron chi connectivity index (χ2n) is 6.28. The van der Waals surface area contributed by atoms with Gasteiger partial charge in [-0.05, 0) is 28.6 Å². The van der Waals surface area contributed by atoms with E-state index in [4.69, 9.17) is 9.47 Å². The fourth-order valence-corrected chi connectivity index (χ4v) is 4.28. The average Bonchev–Trinajstić information content (AvgIpc) is 3.07. The lowest BCUT2D eigenvalue weighted by molar-refractivity contribution is -0.116. The number of hydrogen-bond donors (Lipinski definition) is 1. The monoisotopic (exact) mass is 395 g/mol. The van der Waals surface area contributed by atoms with Crippen LogP contribution < -0.4 is 14.8 Å². The first-order valence-corrected chi connectivity index (χ1v) is 8.90. The number of ether oxygens (including phenoxy) is 2. The highest BCUT2D eigenvalue weighted by Gasteiger charge is 2.30. The molecule has 0 unspecified atom stereocenters. The quantitative estimate of drug-likeness (QED) is 0.643. The molecular formula is C20H14BrNO3. The van der Waals surface area contributed by atoms with Gasteiger partial charge in [-0.15, -0.1) is 0 Å². The zero-order chi connectivity index (χ0) is 17.0. The van der Waals surface area contributed by atoms with Crippen LogP contribution in [0.2, 0.25) is 0 Å². The zero-order valence-electron chi connectivity index (χ0n) is 13.2. The van der Waals surface area contributed by atoms with Gasteiger partial charge in [0, 0.05) is 22.2 Å². The van der Waals surface area contributed by atoms with Crippen LogP contribution in [0.1, 0.15) is 23.5 Å². The first-order chi connectivity index (χ1) is 12.2. The fourth-order valence-electron chi connectivity index (χ4n) is 3.68. The molecule has 124 valence electrons. The third-order valence-electron chi connectivity index (χ3n) is 4.86. The third-order valence-corrected chi connectivity index (χ3v) is 5.54. The van der Waals surface area contributed by atoms with Gasteiger partial charge in [-0.1, -0.05) is 52.3 Å². The van der Waals surface area contributed by atoms with Crippen molar-refractivity contribution in [1.29, 1.82) is 0 Å². The Hall–Kier alpha value is -2.53. The van der Waals surface area contributed by atoms with Gasteiger partial charge in [-0.25, -0.2) is 0 Å². The van der Waals surface area contributed by atoms with Crippen LogP contribution in [0.25, 0.3) is 10.8 Å². The smallest absolute Gasteiger partial charge is 0.231 e. The molecule has 5 rings (SSSR count). The predicted molar refractivity (Wildman–Crippen MR) is 99.3 cm³/mol. The van der Waals surface area contributed by atoms with Crippen molar-refractivity contribution in [2.24, 2.45) is 0 Å². The molecule has 3 aromatic rings. The molecule has 0 saturated carbocycles. The molecule has 1 amide bonds. The van der Waals surface area contributed by atoms with E-state index in [1.54, 1.807) is 0 Å². The fraction of sp³-hybridized carbons (Fsp3) is 0.150. The van der Waals surface area contributed by atoms with Crippen molar-refractivity contribution in [1.82, 2.24) is 0 Å². The summed E-state index contributed by atoms with van der Waals surface area (Å²) in [5, 5.41) is 5.25. The van der Waals surface area contributed by atoms with E-state index in [-0.39, 0.29) is 18.6 Å². The van der Waals surface area contributed by atoms with E-state index >= 15 is 0 Å². The summed E-state index contributed by atoms with van der Waals surface area (Å²) < 4.78 is 11.9. The second kappa shape index (κ2) is 5.49. The normalized spacial score (nSPS) is 18.1. The number of nitrogens with one attached hydrogen (secondary N) is 1. The van der Waals surface area contributed by atoms with Crippen LogP contribution in [0.5, 0.6) is 11.5 Å². The number of fused-ring (bicyclic) bond motifs is 4. The van der Waals surface area contributed by atoms with E-state index in [9.17, 15) is 4.79 Å². The summed E-state index contributed by atoms with van der Waals surface area (Å²) in [6.07, 6.45) is 0.406. The summed E-state index contributed by atoms with van der Waals surface area (Å²) in [7, 11) is 0. The maximum absolute atomic E-state index is 12.4. The molecule has 0 aromatic heterocycles. The molecule has 3 aromatic carbocycles. The lowest BCUT2D eigenvalue weighted by Crippen LogP contribution is -2.24. The zero-order valence-corrected chi connectivity index (χ0v) is 14.8. The predicted octanol–water partition coefficient (Wildman–Crippen LogP) is 4.81. The Morgan fingerprint density at radius 1 is 1.00 bits per heavy atom. The molecule has 0 spiro atoms. The van der Waals surface area contributed by atoms with Gasteiger partial charge in [0.25, 0.3) is 0 Å². The first kappa shape index (κ1) is 14.8. The molecular weight excluding hydrogens is 382 g/mol. The van der Waals surface area contributed by atoms with E-state index in [1.807, 2.05) is 30.3 Å². The van der Waals surface area contributed by atoms with E-state index < -0.39 is 0 Å². The molecule has 5 heteroatoms. The Balaban J connectivity index is 1.72. The average molecular weight is 396 g/mol. The Labute approximate surface area is 152 Å².